The van der Waals surface area contributed by atoms with Gasteiger partial charge in [-0.05, 0) is 5.41 Å². The summed E-state index contributed by atoms with van der Waals surface area (Å²) in [6, 6.07) is 0.603. The van der Waals surface area contributed by atoms with Gasteiger partial charge in [0.2, 0.25) is 0 Å². The minimum Gasteiger partial charge on any atom is -0.257 e. The quantitative estimate of drug-likeness (QED) is 0.510. The number of hydrazine groups is 1. The van der Waals surface area contributed by atoms with Gasteiger partial charge in [0.05, 0.1) is 0 Å². The van der Waals surface area contributed by atoms with Crippen LogP contribution < -0.4 is 10.9 Å². The first kappa shape index (κ1) is 5.77. The number of fused-ring (bicyclic) bond motifs is 1. The van der Waals surface area contributed by atoms with E-state index >= 15 is 0 Å². The second-order valence-electron chi connectivity index (χ2n) is 2.47. The average Bonchev–Trinajstić information content (AvgIpc) is 2.33. The molecule has 0 saturated carbocycles. The molecule has 50 valence electrons. The van der Waals surface area contributed by atoms with Gasteiger partial charge in [0.1, 0.15) is 0 Å². The molecular formula is C6H10N2S. The molecule has 2 heterocycles. The highest BCUT2D eigenvalue weighted by atomic mass is 32.2. The van der Waals surface area contributed by atoms with Crippen LogP contribution in [0.3, 0.4) is 0 Å². The summed E-state index contributed by atoms with van der Waals surface area (Å²) in [6.45, 7) is 1.13. The Labute approximate surface area is 59.1 Å². The number of hydrogen-bond acceptors (Lipinski definition) is 3. The Hall–Kier alpha value is 0.0100. The third-order valence-electron chi connectivity index (χ3n) is 1.83. The van der Waals surface area contributed by atoms with E-state index in [1.165, 1.54) is 5.75 Å². The van der Waals surface area contributed by atoms with Crippen LogP contribution in [0.15, 0.2) is 11.5 Å². The van der Waals surface area contributed by atoms with Crippen LogP contribution in [0.25, 0.3) is 0 Å². The van der Waals surface area contributed by atoms with Crippen molar-refractivity contribution in [1.29, 1.82) is 0 Å². The zero-order valence-corrected chi connectivity index (χ0v) is 5.95. The van der Waals surface area contributed by atoms with Crippen LogP contribution in [0.1, 0.15) is 0 Å². The summed E-state index contributed by atoms with van der Waals surface area (Å²) in [6.07, 6.45) is 2.23. The Kier molecular flexibility index (Phi) is 1.49. The highest BCUT2D eigenvalue weighted by molar-refractivity contribution is 8.02. The predicted octanol–water partition coefficient (Wildman–Crippen LogP) is 0.339. The molecule has 0 bridgehead atoms. The molecule has 2 N–H and O–H groups in total. The van der Waals surface area contributed by atoms with E-state index in [1.54, 1.807) is 0 Å². The van der Waals surface area contributed by atoms with Crippen LogP contribution in [0, 0.1) is 5.92 Å². The van der Waals surface area contributed by atoms with Gasteiger partial charge in [0, 0.05) is 24.3 Å². The van der Waals surface area contributed by atoms with Crippen LogP contribution in [-0.4, -0.2) is 18.3 Å². The highest BCUT2D eigenvalue weighted by Gasteiger charge is 2.25. The van der Waals surface area contributed by atoms with Crippen molar-refractivity contribution in [2.24, 2.45) is 5.92 Å². The lowest BCUT2D eigenvalue weighted by molar-refractivity contribution is 0.576. The molecule has 0 aromatic rings. The third kappa shape index (κ3) is 1.000. The van der Waals surface area contributed by atoms with Crippen molar-refractivity contribution in [3.8, 4) is 0 Å². The largest absolute Gasteiger partial charge is 0.257 e. The minimum absolute atomic E-state index is 0.603. The minimum atomic E-state index is 0.603. The number of rotatable bonds is 0. The van der Waals surface area contributed by atoms with E-state index in [9.17, 15) is 0 Å². The van der Waals surface area contributed by atoms with Gasteiger partial charge in [-0.1, -0.05) is 6.08 Å². The van der Waals surface area contributed by atoms with Gasteiger partial charge in [-0.3, -0.25) is 10.9 Å². The van der Waals surface area contributed by atoms with Crippen molar-refractivity contribution in [3.05, 3.63) is 11.5 Å². The van der Waals surface area contributed by atoms with Crippen LogP contribution >= 0.6 is 11.8 Å². The van der Waals surface area contributed by atoms with Crippen molar-refractivity contribution < 1.29 is 0 Å². The molecule has 0 aliphatic carbocycles. The van der Waals surface area contributed by atoms with E-state index in [2.05, 4.69) is 22.3 Å². The second kappa shape index (κ2) is 2.33. The molecular weight excluding hydrogens is 132 g/mol. The van der Waals surface area contributed by atoms with Gasteiger partial charge in [-0.2, -0.15) is 0 Å². The van der Waals surface area contributed by atoms with E-state index < -0.39 is 0 Å². The van der Waals surface area contributed by atoms with E-state index in [0.29, 0.717) is 6.04 Å². The lowest BCUT2D eigenvalue weighted by atomic mass is 10.1. The summed E-state index contributed by atoms with van der Waals surface area (Å²) in [5.74, 6) is 2.08. The first-order chi connectivity index (χ1) is 4.47. The average molecular weight is 142 g/mol. The molecule has 2 unspecified atom stereocenters. The van der Waals surface area contributed by atoms with Crippen molar-refractivity contribution in [3.63, 3.8) is 0 Å². The summed E-state index contributed by atoms with van der Waals surface area (Å²) >= 11 is 1.91. The zero-order chi connectivity index (χ0) is 6.10. The summed E-state index contributed by atoms with van der Waals surface area (Å²) < 4.78 is 0. The van der Waals surface area contributed by atoms with Gasteiger partial charge < -0.3 is 0 Å². The van der Waals surface area contributed by atoms with Crippen molar-refractivity contribution in [2.75, 3.05) is 12.3 Å². The first-order valence-corrected chi connectivity index (χ1v) is 4.28. The molecule has 9 heavy (non-hydrogen) atoms. The molecule has 2 atom stereocenters. The van der Waals surface area contributed by atoms with E-state index in [-0.39, 0.29) is 0 Å². The second-order valence-corrected chi connectivity index (χ2v) is 3.41. The van der Waals surface area contributed by atoms with Gasteiger partial charge in [0.15, 0.2) is 0 Å². The SMILES string of the molecule is C1=CC2NNCC2CS1. The summed E-state index contributed by atoms with van der Waals surface area (Å²) in [5.41, 5.74) is 6.36. The lowest BCUT2D eigenvalue weighted by Crippen LogP contribution is -2.31. The number of hydrogen-bond donors (Lipinski definition) is 2. The Bertz CT molecular complexity index is 135. The maximum absolute atomic E-state index is 3.21. The van der Waals surface area contributed by atoms with Crippen molar-refractivity contribution in [2.45, 2.75) is 6.04 Å². The Balaban J connectivity index is 2.10. The molecule has 0 radical (unpaired) electrons. The van der Waals surface area contributed by atoms with Crippen LogP contribution in [0.5, 0.6) is 0 Å². The molecule has 0 aromatic heterocycles. The molecule has 3 heteroatoms. The van der Waals surface area contributed by atoms with E-state index in [1.807, 2.05) is 11.8 Å². The standard InChI is InChI=1S/C6H10N2S/c1-2-9-4-5-3-7-8-6(1)5/h1-2,5-8H,3-4H2. The predicted molar refractivity (Wildman–Crippen MR) is 40.0 cm³/mol. The van der Waals surface area contributed by atoms with Gasteiger partial charge >= 0.3 is 0 Å². The Morgan fingerprint density at radius 1 is 1.56 bits per heavy atom. The fraction of sp³-hybridized carbons (Fsp3) is 0.667. The van der Waals surface area contributed by atoms with E-state index in [4.69, 9.17) is 0 Å². The zero-order valence-electron chi connectivity index (χ0n) is 5.13. The fourth-order valence-corrected chi connectivity index (χ4v) is 2.20. The third-order valence-corrected chi connectivity index (χ3v) is 2.80. The topological polar surface area (TPSA) is 24.1 Å². The van der Waals surface area contributed by atoms with Crippen LogP contribution in [0.2, 0.25) is 0 Å². The van der Waals surface area contributed by atoms with Crippen LogP contribution in [0.4, 0.5) is 0 Å². The number of nitrogens with one attached hydrogen (secondary N) is 2. The van der Waals surface area contributed by atoms with Gasteiger partial charge in [0.25, 0.3) is 0 Å². The van der Waals surface area contributed by atoms with Gasteiger partial charge in [-0.15, -0.1) is 11.8 Å². The Morgan fingerprint density at radius 3 is 3.44 bits per heavy atom. The first-order valence-electron chi connectivity index (χ1n) is 3.23. The molecule has 2 aliphatic heterocycles. The molecule has 0 aromatic carbocycles. The molecule has 1 saturated heterocycles. The molecule has 2 rings (SSSR count). The molecule has 0 spiro atoms. The smallest absolute Gasteiger partial charge is 0.0449 e. The lowest BCUT2D eigenvalue weighted by Gasteiger charge is -2.16. The van der Waals surface area contributed by atoms with E-state index in [0.717, 1.165) is 12.5 Å². The summed E-state index contributed by atoms with van der Waals surface area (Å²) in [5, 5.41) is 2.18. The maximum Gasteiger partial charge on any atom is 0.0449 e. The summed E-state index contributed by atoms with van der Waals surface area (Å²) in [4.78, 5) is 0. The molecule has 0 amide bonds. The fourth-order valence-electron chi connectivity index (χ4n) is 1.24. The molecule has 1 fully saturated rings. The summed E-state index contributed by atoms with van der Waals surface area (Å²) in [7, 11) is 0. The number of thioether (sulfide) groups is 1. The van der Waals surface area contributed by atoms with Crippen molar-refractivity contribution in [1.82, 2.24) is 10.9 Å². The molecule has 2 nitrogen and oxygen atoms in total. The van der Waals surface area contributed by atoms with Crippen molar-refractivity contribution >= 4 is 11.8 Å². The Morgan fingerprint density at radius 2 is 2.56 bits per heavy atom. The van der Waals surface area contributed by atoms with Crippen LogP contribution in [-0.2, 0) is 0 Å². The highest BCUT2D eigenvalue weighted by Crippen LogP contribution is 2.22. The monoisotopic (exact) mass is 142 g/mol. The van der Waals surface area contributed by atoms with Gasteiger partial charge in [-0.25, -0.2) is 0 Å². The normalized spacial score (nSPS) is 40.9. The maximum atomic E-state index is 3.21. The molecule has 2 aliphatic rings.